The molecule has 0 radical (unpaired) electrons. The van der Waals surface area contributed by atoms with Crippen LogP contribution >= 0.6 is 0 Å². The molecule has 1 aromatic rings. The smallest absolute Gasteiger partial charge is 0.293 e. The van der Waals surface area contributed by atoms with Gasteiger partial charge in [0.05, 0.1) is 4.92 Å². The number of benzene rings is 1. The maximum Gasteiger partial charge on any atom is 0.293 e. The molecule has 0 heterocycles. The van der Waals surface area contributed by atoms with Crippen LogP contribution in [0.1, 0.15) is 19.4 Å². The zero-order chi connectivity index (χ0) is 12.8. The fourth-order valence-electron chi connectivity index (χ4n) is 1.73. The van der Waals surface area contributed by atoms with Crippen LogP contribution < -0.4 is 11.3 Å². The van der Waals surface area contributed by atoms with Gasteiger partial charge in [-0.1, -0.05) is 26.0 Å². The maximum absolute atomic E-state index is 10.9. The molecule has 0 fully saturated rings. The standard InChI is InChI=1S/C11H18N4O2/c1-3-14(4-2)8-9-6-5-7-10(15(16)17)11(9)13-12/h5-7,13H,3-4,8,12H2,1-2H3. The zero-order valence-electron chi connectivity index (χ0n) is 10.1. The van der Waals surface area contributed by atoms with Gasteiger partial charge in [0.25, 0.3) is 5.69 Å². The Morgan fingerprint density at radius 1 is 1.41 bits per heavy atom. The Morgan fingerprint density at radius 2 is 2.06 bits per heavy atom. The summed E-state index contributed by atoms with van der Waals surface area (Å²) in [7, 11) is 0. The molecule has 0 aromatic heterocycles. The van der Waals surface area contributed by atoms with E-state index in [1.807, 2.05) is 6.07 Å². The van der Waals surface area contributed by atoms with E-state index in [4.69, 9.17) is 5.84 Å². The summed E-state index contributed by atoms with van der Waals surface area (Å²) in [5.41, 5.74) is 3.67. The van der Waals surface area contributed by atoms with Gasteiger partial charge < -0.3 is 5.43 Å². The van der Waals surface area contributed by atoms with Crippen LogP contribution in [0.2, 0.25) is 0 Å². The van der Waals surface area contributed by atoms with Crippen LogP contribution in [0.3, 0.4) is 0 Å². The SMILES string of the molecule is CCN(CC)Cc1cccc([N+](=O)[O-])c1NN. The lowest BCUT2D eigenvalue weighted by molar-refractivity contribution is -0.384. The number of para-hydroxylation sites is 1. The first-order valence-electron chi connectivity index (χ1n) is 5.59. The number of nitro benzene ring substituents is 1. The number of nitrogen functional groups attached to an aromatic ring is 1. The summed E-state index contributed by atoms with van der Waals surface area (Å²) in [4.78, 5) is 12.6. The molecule has 0 atom stereocenters. The predicted octanol–water partition coefficient (Wildman–Crippen LogP) is 1.72. The molecule has 0 amide bonds. The molecule has 0 aliphatic rings. The lowest BCUT2D eigenvalue weighted by atomic mass is 10.1. The number of nitro groups is 1. The normalized spacial score (nSPS) is 10.6. The van der Waals surface area contributed by atoms with Crippen molar-refractivity contribution in [3.63, 3.8) is 0 Å². The molecule has 3 N–H and O–H groups in total. The van der Waals surface area contributed by atoms with E-state index < -0.39 is 4.92 Å². The summed E-state index contributed by atoms with van der Waals surface area (Å²) in [5.74, 6) is 5.37. The first kappa shape index (κ1) is 13.4. The largest absolute Gasteiger partial charge is 0.318 e. The van der Waals surface area contributed by atoms with Gasteiger partial charge in [-0.25, -0.2) is 0 Å². The maximum atomic E-state index is 10.9. The quantitative estimate of drug-likeness (QED) is 0.448. The molecule has 1 rings (SSSR count). The fourth-order valence-corrected chi connectivity index (χ4v) is 1.73. The van der Waals surface area contributed by atoms with Crippen molar-refractivity contribution < 1.29 is 4.92 Å². The van der Waals surface area contributed by atoms with Crippen LogP contribution in [0.4, 0.5) is 11.4 Å². The van der Waals surface area contributed by atoms with Gasteiger partial charge in [0.1, 0.15) is 5.69 Å². The van der Waals surface area contributed by atoms with Gasteiger partial charge in [-0.3, -0.25) is 20.9 Å². The number of hydrogen-bond acceptors (Lipinski definition) is 5. The predicted molar refractivity (Wildman–Crippen MR) is 67.5 cm³/mol. The second-order valence-electron chi connectivity index (χ2n) is 3.67. The first-order valence-corrected chi connectivity index (χ1v) is 5.59. The van der Waals surface area contributed by atoms with Gasteiger partial charge >= 0.3 is 0 Å². The Kier molecular flexibility index (Phi) is 4.86. The average molecular weight is 238 g/mol. The number of hydrazine groups is 1. The van der Waals surface area contributed by atoms with Crippen LogP contribution in [0.25, 0.3) is 0 Å². The zero-order valence-corrected chi connectivity index (χ0v) is 10.1. The lowest BCUT2D eigenvalue weighted by Gasteiger charge is -2.19. The summed E-state index contributed by atoms with van der Waals surface area (Å²) in [6.45, 7) is 6.54. The molecule has 0 saturated carbocycles. The van der Waals surface area contributed by atoms with Crippen molar-refractivity contribution in [2.24, 2.45) is 5.84 Å². The lowest BCUT2D eigenvalue weighted by Crippen LogP contribution is -2.23. The van der Waals surface area contributed by atoms with Crippen LogP contribution in [-0.4, -0.2) is 22.9 Å². The fraction of sp³-hybridized carbons (Fsp3) is 0.455. The third-order valence-electron chi connectivity index (χ3n) is 2.76. The summed E-state index contributed by atoms with van der Waals surface area (Å²) >= 11 is 0. The van der Waals surface area contributed by atoms with E-state index in [2.05, 4.69) is 24.2 Å². The van der Waals surface area contributed by atoms with Gasteiger partial charge in [0, 0.05) is 12.6 Å². The van der Waals surface area contributed by atoms with E-state index in [-0.39, 0.29) is 5.69 Å². The minimum Gasteiger partial charge on any atom is -0.318 e. The summed E-state index contributed by atoms with van der Waals surface area (Å²) in [6, 6.07) is 4.97. The molecule has 17 heavy (non-hydrogen) atoms. The number of anilines is 1. The van der Waals surface area contributed by atoms with Crippen LogP contribution in [0, 0.1) is 10.1 Å². The van der Waals surface area contributed by atoms with Gasteiger partial charge in [0.2, 0.25) is 0 Å². The highest BCUT2D eigenvalue weighted by Gasteiger charge is 2.17. The molecule has 6 nitrogen and oxygen atoms in total. The summed E-state index contributed by atoms with van der Waals surface area (Å²) in [5, 5.41) is 10.9. The van der Waals surface area contributed by atoms with Crippen molar-refractivity contribution in [2.75, 3.05) is 18.5 Å². The highest BCUT2D eigenvalue weighted by atomic mass is 16.6. The third-order valence-corrected chi connectivity index (χ3v) is 2.76. The topological polar surface area (TPSA) is 84.4 Å². The minimum absolute atomic E-state index is 0.0113. The summed E-state index contributed by atoms with van der Waals surface area (Å²) < 4.78 is 0. The second-order valence-corrected chi connectivity index (χ2v) is 3.67. The molecule has 1 aromatic carbocycles. The van der Waals surface area contributed by atoms with Crippen LogP contribution in [0.15, 0.2) is 18.2 Å². The van der Waals surface area contributed by atoms with Gasteiger partial charge in [-0.15, -0.1) is 0 Å². The van der Waals surface area contributed by atoms with Gasteiger partial charge in [0.15, 0.2) is 0 Å². The number of hydrogen-bond donors (Lipinski definition) is 2. The Balaban J connectivity index is 3.06. The van der Waals surface area contributed by atoms with Crippen molar-refractivity contribution in [1.82, 2.24) is 4.90 Å². The monoisotopic (exact) mass is 238 g/mol. The van der Waals surface area contributed by atoms with Crippen molar-refractivity contribution in [3.05, 3.63) is 33.9 Å². The highest BCUT2D eigenvalue weighted by molar-refractivity contribution is 5.65. The second kappa shape index (κ2) is 6.17. The van der Waals surface area contributed by atoms with Crippen molar-refractivity contribution in [1.29, 1.82) is 0 Å². The van der Waals surface area contributed by atoms with E-state index in [1.165, 1.54) is 6.07 Å². The molecule has 0 bridgehead atoms. The number of nitrogens with one attached hydrogen (secondary N) is 1. The molecular weight excluding hydrogens is 220 g/mol. The number of rotatable bonds is 6. The van der Waals surface area contributed by atoms with E-state index in [0.717, 1.165) is 18.7 Å². The van der Waals surface area contributed by atoms with E-state index in [1.54, 1.807) is 6.07 Å². The van der Waals surface area contributed by atoms with Crippen molar-refractivity contribution >= 4 is 11.4 Å². The van der Waals surface area contributed by atoms with E-state index in [9.17, 15) is 10.1 Å². The third kappa shape index (κ3) is 3.15. The Labute approximate surface area is 101 Å². The molecule has 0 unspecified atom stereocenters. The van der Waals surface area contributed by atoms with Gasteiger partial charge in [-0.2, -0.15) is 0 Å². The highest BCUT2D eigenvalue weighted by Crippen LogP contribution is 2.28. The molecule has 94 valence electrons. The van der Waals surface area contributed by atoms with Gasteiger partial charge in [-0.05, 0) is 18.7 Å². The van der Waals surface area contributed by atoms with Crippen molar-refractivity contribution in [3.8, 4) is 0 Å². The number of nitrogens with zero attached hydrogens (tertiary/aromatic N) is 2. The molecule has 0 saturated heterocycles. The number of nitrogens with two attached hydrogens (primary N) is 1. The van der Waals surface area contributed by atoms with Crippen LogP contribution in [0.5, 0.6) is 0 Å². The van der Waals surface area contributed by atoms with Crippen LogP contribution in [-0.2, 0) is 6.54 Å². The Morgan fingerprint density at radius 3 is 2.53 bits per heavy atom. The molecule has 0 aliphatic carbocycles. The average Bonchev–Trinajstić information content (AvgIpc) is 2.35. The Bertz CT molecular complexity index is 391. The molecule has 6 heteroatoms. The minimum atomic E-state index is -0.430. The molecule has 0 spiro atoms. The first-order chi connectivity index (χ1) is 8.13. The Hall–Kier alpha value is -1.66. The molecular formula is C11H18N4O2. The van der Waals surface area contributed by atoms with E-state index >= 15 is 0 Å². The van der Waals surface area contributed by atoms with Crippen molar-refractivity contribution in [2.45, 2.75) is 20.4 Å². The molecule has 0 aliphatic heterocycles. The summed E-state index contributed by atoms with van der Waals surface area (Å²) in [6.07, 6.45) is 0. The van der Waals surface area contributed by atoms with E-state index in [0.29, 0.717) is 12.2 Å².